The molecule has 0 amide bonds. The highest BCUT2D eigenvalue weighted by Gasteiger charge is 2.28. The largest absolute Gasteiger partial charge is 0.465 e. The van der Waals surface area contributed by atoms with Crippen LogP contribution >= 0.6 is 0 Å². The summed E-state index contributed by atoms with van der Waals surface area (Å²) < 4.78 is 9.83. The van der Waals surface area contributed by atoms with Gasteiger partial charge in [0.15, 0.2) is 5.71 Å². The lowest BCUT2D eigenvalue weighted by atomic mass is 10.1. The van der Waals surface area contributed by atoms with Gasteiger partial charge in [-0.1, -0.05) is 0 Å². The molecule has 0 radical (unpaired) electrons. The van der Waals surface area contributed by atoms with E-state index in [1.807, 2.05) is 0 Å². The van der Waals surface area contributed by atoms with Crippen molar-refractivity contribution in [3.05, 3.63) is 22.6 Å². The number of aromatic nitrogens is 2. The van der Waals surface area contributed by atoms with Gasteiger partial charge in [0.1, 0.15) is 5.92 Å². The molecule has 9 heteroatoms. The molecule has 1 N–H and O–H groups in total. The maximum absolute atomic E-state index is 12.1. The molecule has 126 valence electrons. The predicted octanol–water partition coefficient (Wildman–Crippen LogP) is 0.324. The molecule has 0 aliphatic rings. The van der Waals surface area contributed by atoms with Crippen molar-refractivity contribution in [2.24, 2.45) is 11.0 Å². The second kappa shape index (κ2) is 8.66. The Hall–Kier alpha value is -2.71. The van der Waals surface area contributed by atoms with Crippen molar-refractivity contribution in [2.75, 3.05) is 25.3 Å². The van der Waals surface area contributed by atoms with Gasteiger partial charge in [0.05, 0.1) is 25.1 Å². The van der Waals surface area contributed by atoms with Crippen molar-refractivity contribution in [2.45, 2.75) is 20.8 Å². The average molecular weight is 324 g/mol. The van der Waals surface area contributed by atoms with Gasteiger partial charge < -0.3 is 9.47 Å². The van der Waals surface area contributed by atoms with Crippen LogP contribution in [0.5, 0.6) is 0 Å². The Morgan fingerprint density at radius 1 is 1.35 bits per heavy atom. The molecule has 1 aromatic heterocycles. The number of nitrogens with zero attached hydrogens (tertiary/aromatic N) is 3. The topological polar surface area (TPSA) is 114 Å². The zero-order chi connectivity index (χ0) is 17.4. The van der Waals surface area contributed by atoms with E-state index in [1.54, 1.807) is 13.8 Å². The summed E-state index contributed by atoms with van der Waals surface area (Å²) in [4.78, 5) is 35.2. The van der Waals surface area contributed by atoms with Crippen LogP contribution in [0.3, 0.4) is 0 Å². The molecular weight excluding hydrogens is 304 g/mol. The average Bonchev–Trinajstić information content (AvgIpc) is 2.52. The van der Waals surface area contributed by atoms with Gasteiger partial charge in [-0.3, -0.25) is 14.6 Å². The van der Waals surface area contributed by atoms with Crippen LogP contribution in [0.15, 0.2) is 22.2 Å². The Kier molecular flexibility index (Phi) is 6.91. The smallest absolute Gasteiger partial charge is 0.355 e. The molecule has 1 unspecified atom stereocenters. The Bertz CT molecular complexity index is 640. The number of carbonyl (C=O) groups excluding carboxylic acids is 2. The zero-order valence-corrected chi connectivity index (χ0v) is 13.5. The third kappa shape index (κ3) is 5.20. The molecule has 23 heavy (non-hydrogen) atoms. The molecule has 0 aliphatic carbocycles. The minimum Gasteiger partial charge on any atom is -0.465 e. The molecule has 1 heterocycles. The quantitative estimate of drug-likeness (QED) is 0.436. The van der Waals surface area contributed by atoms with Gasteiger partial charge in [-0.25, -0.2) is 9.89 Å². The fraction of sp³-hybridized carbons (Fsp3) is 0.500. The summed E-state index contributed by atoms with van der Waals surface area (Å²) in [5, 5.41) is 11.2. The standard InChI is InChI=1S/C14H20N4O5/c1-5-22-13(20)9(3)12(14(21)23-6-2)17-18(4)10-7-11(19)16-15-8-10/h7-9H,5-6H2,1-4H3,(H,16,19)/b17-12+. The van der Waals surface area contributed by atoms with Crippen molar-refractivity contribution in [1.82, 2.24) is 10.2 Å². The van der Waals surface area contributed by atoms with Crippen molar-refractivity contribution in [3.63, 3.8) is 0 Å². The molecule has 1 aromatic rings. The highest BCUT2D eigenvalue weighted by Crippen LogP contribution is 2.11. The number of esters is 2. The van der Waals surface area contributed by atoms with Gasteiger partial charge in [0.2, 0.25) is 0 Å². The van der Waals surface area contributed by atoms with Gasteiger partial charge in [-0.05, 0) is 20.8 Å². The van der Waals surface area contributed by atoms with Crippen molar-refractivity contribution in [3.8, 4) is 0 Å². The van der Waals surface area contributed by atoms with Gasteiger partial charge in [0, 0.05) is 13.1 Å². The predicted molar refractivity (Wildman–Crippen MR) is 83.1 cm³/mol. The Morgan fingerprint density at radius 2 is 2.00 bits per heavy atom. The molecule has 1 rings (SSSR count). The number of H-pyrrole nitrogens is 1. The minimum atomic E-state index is -0.911. The van der Waals surface area contributed by atoms with Crippen LogP contribution in [-0.4, -0.2) is 48.1 Å². The lowest BCUT2D eigenvalue weighted by molar-refractivity contribution is -0.146. The summed E-state index contributed by atoms with van der Waals surface area (Å²) in [5.74, 6) is -2.22. The van der Waals surface area contributed by atoms with E-state index in [9.17, 15) is 14.4 Å². The fourth-order valence-corrected chi connectivity index (χ4v) is 1.65. The van der Waals surface area contributed by atoms with Gasteiger partial charge in [0.25, 0.3) is 5.56 Å². The number of hydrazone groups is 1. The summed E-state index contributed by atoms with van der Waals surface area (Å²) >= 11 is 0. The van der Waals surface area contributed by atoms with Crippen molar-refractivity contribution in [1.29, 1.82) is 0 Å². The van der Waals surface area contributed by atoms with E-state index in [0.29, 0.717) is 5.69 Å². The summed E-state index contributed by atoms with van der Waals surface area (Å²) in [6.07, 6.45) is 1.36. The zero-order valence-electron chi connectivity index (χ0n) is 13.5. The molecule has 1 atom stereocenters. The maximum atomic E-state index is 12.1. The molecule has 0 saturated carbocycles. The molecule has 0 spiro atoms. The van der Waals surface area contributed by atoms with Crippen LogP contribution in [-0.2, 0) is 19.1 Å². The summed E-state index contributed by atoms with van der Waals surface area (Å²) in [6.45, 7) is 5.14. The second-order valence-corrected chi connectivity index (χ2v) is 4.51. The van der Waals surface area contributed by atoms with Crippen molar-refractivity contribution < 1.29 is 19.1 Å². The molecule has 9 nitrogen and oxygen atoms in total. The fourth-order valence-electron chi connectivity index (χ4n) is 1.65. The van der Waals surface area contributed by atoms with E-state index in [2.05, 4.69) is 15.3 Å². The van der Waals surface area contributed by atoms with E-state index >= 15 is 0 Å². The Labute approximate surface area is 133 Å². The van der Waals surface area contributed by atoms with Crippen LogP contribution in [0.1, 0.15) is 20.8 Å². The first-order valence-electron chi connectivity index (χ1n) is 7.11. The number of anilines is 1. The van der Waals surface area contributed by atoms with E-state index in [-0.39, 0.29) is 18.9 Å². The summed E-state index contributed by atoms with van der Waals surface area (Å²) in [6, 6.07) is 1.26. The van der Waals surface area contributed by atoms with Crippen LogP contribution in [0, 0.1) is 5.92 Å². The van der Waals surface area contributed by atoms with E-state index in [0.717, 1.165) is 0 Å². The maximum Gasteiger partial charge on any atom is 0.355 e. The van der Waals surface area contributed by atoms with E-state index in [1.165, 1.54) is 31.2 Å². The number of rotatable bonds is 7. The Balaban J connectivity index is 3.14. The molecule has 0 fully saturated rings. The number of nitrogens with one attached hydrogen (secondary N) is 1. The number of aromatic amines is 1. The minimum absolute atomic E-state index is 0.118. The van der Waals surface area contributed by atoms with Gasteiger partial charge in [-0.15, -0.1) is 0 Å². The summed E-state index contributed by atoms with van der Waals surface area (Å²) in [7, 11) is 1.52. The van der Waals surface area contributed by atoms with E-state index < -0.39 is 23.4 Å². The number of ether oxygens (including phenoxy) is 2. The molecule has 0 aliphatic heterocycles. The van der Waals surface area contributed by atoms with Crippen LogP contribution in [0.25, 0.3) is 0 Å². The van der Waals surface area contributed by atoms with Crippen molar-refractivity contribution >= 4 is 23.3 Å². The van der Waals surface area contributed by atoms with Crippen LogP contribution in [0.2, 0.25) is 0 Å². The van der Waals surface area contributed by atoms with Gasteiger partial charge >= 0.3 is 11.9 Å². The highest BCUT2D eigenvalue weighted by atomic mass is 16.5. The van der Waals surface area contributed by atoms with Crippen LogP contribution in [0.4, 0.5) is 5.69 Å². The molecular formula is C14H20N4O5. The monoisotopic (exact) mass is 324 g/mol. The number of hydrogen-bond acceptors (Lipinski definition) is 8. The van der Waals surface area contributed by atoms with Gasteiger partial charge in [-0.2, -0.15) is 10.2 Å². The first-order valence-corrected chi connectivity index (χ1v) is 7.11. The number of carbonyl (C=O) groups is 2. The second-order valence-electron chi connectivity index (χ2n) is 4.51. The third-order valence-electron chi connectivity index (χ3n) is 2.82. The van der Waals surface area contributed by atoms with Crippen LogP contribution < -0.4 is 10.6 Å². The first-order chi connectivity index (χ1) is 10.9. The highest BCUT2D eigenvalue weighted by molar-refractivity contribution is 6.40. The molecule has 0 saturated heterocycles. The number of hydrogen-bond donors (Lipinski definition) is 1. The molecule has 0 bridgehead atoms. The molecule has 0 aromatic carbocycles. The first kappa shape index (κ1) is 18.3. The normalized spacial score (nSPS) is 12.4. The third-order valence-corrected chi connectivity index (χ3v) is 2.82. The Morgan fingerprint density at radius 3 is 2.57 bits per heavy atom. The van der Waals surface area contributed by atoms with E-state index in [4.69, 9.17) is 9.47 Å². The lowest BCUT2D eigenvalue weighted by Gasteiger charge is -2.17. The SMILES string of the molecule is CCOC(=O)/C(=N/N(C)c1cn[nH]c(=O)c1)C(C)C(=O)OCC. The summed E-state index contributed by atoms with van der Waals surface area (Å²) in [5.41, 5.74) is -0.180. The lowest BCUT2D eigenvalue weighted by Crippen LogP contribution is -2.33.